The molecule has 0 amide bonds. The molecule has 4 heteroatoms. The fraction of sp³-hybridized carbons (Fsp3) is 0.571. The lowest BCUT2D eigenvalue weighted by Gasteiger charge is -2.29. The van der Waals surface area contributed by atoms with Crippen LogP contribution in [0, 0.1) is 6.92 Å². The van der Waals surface area contributed by atoms with E-state index in [1.165, 1.54) is 55.2 Å². The van der Waals surface area contributed by atoms with Crippen molar-refractivity contribution in [2.75, 3.05) is 40.5 Å². The number of aryl methyl sites for hydroxylation is 2. The molecular formula is C28H44ClNO2. The van der Waals surface area contributed by atoms with Gasteiger partial charge in [-0.1, -0.05) is 81.5 Å². The summed E-state index contributed by atoms with van der Waals surface area (Å²) in [5.74, 6) is 1.01. The fourth-order valence-electron chi connectivity index (χ4n) is 3.85. The first kappa shape index (κ1) is 28.5. The van der Waals surface area contributed by atoms with Gasteiger partial charge in [0.05, 0.1) is 27.3 Å². The van der Waals surface area contributed by atoms with Crippen LogP contribution in [0.3, 0.4) is 0 Å². The lowest BCUT2D eigenvalue weighted by Crippen LogP contribution is -3.00. The highest BCUT2D eigenvalue weighted by Crippen LogP contribution is 2.21. The van der Waals surface area contributed by atoms with Crippen molar-refractivity contribution in [3.63, 3.8) is 0 Å². The first-order chi connectivity index (χ1) is 15.0. The first-order valence-electron chi connectivity index (χ1n) is 12.2. The number of rotatable bonds is 16. The zero-order valence-electron chi connectivity index (χ0n) is 20.7. The maximum absolute atomic E-state index is 6.03. The number of benzene rings is 2. The number of nitrogens with zero attached hydrogens (tertiary/aromatic N) is 1. The van der Waals surface area contributed by atoms with E-state index in [-0.39, 0.29) is 12.4 Å². The van der Waals surface area contributed by atoms with Gasteiger partial charge in [-0.15, -0.1) is 0 Å². The second-order valence-electron chi connectivity index (χ2n) is 9.38. The van der Waals surface area contributed by atoms with E-state index in [0.29, 0.717) is 13.2 Å². The van der Waals surface area contributed by atoms with Crippen LogP contribution in [0.25, 0.3) is 0 Å². The predicted octanol–water partition coefficient (Wildman–Crippen LogP) is 3.57. The smallest absolute Gasteiger partial charge is 0.122 e. The molecule has 0 saturated carbocycles. The third-order valence-electron chi connectivity index (χ3n) is 5.85. The molecule has 180 valence electrons. The number of likely N-dealkylation sites (N-methyl/N-ethyl adjacent to an activating group) is 1. The van der Waals surface area contributed by atoms with Crippen LogP contribution in [0.2, 0.25) is 0 Å². The molecule has 0 aliphatic carbocycles. The molecule has 0 aliphatic rings. The highest BCUT2D eigenvalue weighted by molar-refractivity contribution is 5.36. The van der Waals surface area contributed by atoms with Crippen molar-refractivity contribution >= 4 is 0 Å². The summed E-state index contributed by atoms with van der Waals surface area (Å²) in [6.45, 7) is 8.38. The van der Waals surface area contributed by atoms with E-state index in [4.69, 9.17) is 9.47 Å². The maximum atomic E-state index is 6.03. The number of hydrogen-bond acceptors (Lipinski definition) is 2. The molecule has 2 rings (SSSR count). The topological polar surface area (TPSA) is 18.5 Å². The Morgan fingerprint density at radius 1 is 0.781 bits per heavy atom. The van der Waals surface area contributed by atoms with Crippen molar-refractivity contribution in [2.24, 2.45) is 0 Å². The molecule has 0 unspecified atom stereocenters. The highest BCUT2D eigenvalue weighted by Gasteiger charge is 2.15. The average Bonchev–Trinajstić information content (AvgIpc) is 2.75. The third-order valence-corrected chi connectivity index (χ3v) is 5.85. The van der Waals surface area contributed by atoms with E-state index in [0.717, 1.165) is 36.3 Å². The quantitative estimate of drug-likeness (QED) is 0.281. The monoisotopic (exact) mass is 461 g/mol. The van der Waals surface area contributed by atoms with Crippen molar-refractivity contribution in [1.29, 1.82) is 0 Å². The molecule has 0 bridgehead atoms. The molecule has 0 atom stereocenters. The van der Waals surface area contributed by atoms with Gasteiger partial charge in [-0.2, -0.15) is 0 Å². The van der Waals surface area contributed by atoms with E-state index in [1.54, 1.807) is 0 Å². The minimum atomic E-state index is 0. The van der Waals surface area contributed by atoms with E-state index in [1.807, 2.05) is 0 Å². The van der Waals surface area contributed by atoms with Crippen LogP contribution in [-0.2, 0) is 17.7 Å². The average molecular weight is 462 g/mol. The molecule has 3 nitrogen and oxygen atoms in total. The summed E-state index contributed by atoms with van der Waals surface area (Å²) in [7, 11) is 4.51. The maximum Gasteiger partial charge on any atom is 0.122 e. The van der Waals surface area contributed by atoms with Crippen LogP contribution in [0.15, 0.2) is 48.5 Å². The van der Waals surface area contributed by atoms with Crippen LogP contribution in [0.4, 0.5) is 0 Å². The summed E-state index contributed by atoms with van der Waals surface area (Å²) in [5, 5.41) is 0. The number of halogens is 1. The summed E-state index contributed by atoms with van der Waals surface area (Å²) >= 11 is 0. The van der Waals surface area contributed by atoms with Gasteiger partial charge >= 0.3 is 0 Å². The lowest BCUT2D eigenvalue weighted by atomic mass is 10.0. The minimum absolute atomic E-state index is 0. The Kier molecular flexibility index (Phi) is 14.4. The Bertz CT molecular complexity index is 733. The van der Waals surface area contributed by atoms with Crippen molar-refractivity contribution < 1.29 is 26.4 Å². The van der Waals surface area contributed by atoms with Gasteiger partial charge in [0.15, 0.2) is 0 Å². The van der Waals surface area contributed by atoms with Crippen molar-refractivity contribution in [2.45, 2.75) is 65.3 Å². The van der Waals surface area contributed by atoms with Gasteiger partial charge in [0.2, 0.25) is 0 Å². The molecule has 0 radical (unpaired) electrons. The fourth-order valence-corrected chi connectivity index (χ4v) is 3.85. The summed E-state index contributed by atoms with van der Waals surface area (Å²) in [4.78, 5) is 0. The lowest BCUT2D eigenvalue weighted by molar-refractivity contribution is -0.904. The summed E-state index contributed by atoms with van der Waals surface area (Å²) in [6, 6.07) is 17.3. The van der Waals surface area contributed by atoms with E-state index >= 15 is 0 Å². The molecule has 0 aliphatic heterocycles. The Morgan fingerprint density at radius 3 is 2.25 bits per heavy atom. The van der Waals surface area contributed by atoms with E-state index < -0.39 is 0 Å². The van der Waals surface area contributed by atoms with E-state index in [2.05, 4.69) is 76.5 Å². The molecule has 32 heavy (non-hydrogen) atoms. The SMILES string of the molecule is CCCCCCCCc1ccc(C)c(OCCOCC[N+](C)(C)Cc2ccccc2)c1.[Cl-]. The second-order valence-corrected chi connectivity index (χ2v) is 9.38. The van der Waals surface area contributed by atoms with Gasteiger partial charge in [0, 0.05) is 5.56 Å². The molecule has 2 aromatic rings. The number of ether oxygens (including phenoxy) is 2. The van der Waals surface area contributed by atoms with Crippen molar-refractivity contribution in [3.8, 4) is 5.75 Å². The molecule has 0 saturated heterocycles. The largest absolute Gasteiger partial charge is 1.00 e. The zero-order chi connectivity index (χ0) is 22.4. The molecule has 0 spiro atoms. The zero-order valence-corrected chi connectivity index (χ0v) is 21.5. The van der Waals surface area contributed by atoms with Crippen molar-refractivity contribution in [3.05, 3.63) is 65.2 Å². The normalized spacial score (nSPS) is 11.2. The van der Waals surface area contributed by atoms with Gasteiger partial charge < -0.3 is 26.4 Å². The Balaban J connectivity index is 0.00000512. The third kappa shape index (κ3) is 11.9. The molecular weight excluding hydrogens is 418 g/mol. The van der Waals surface area contributed by atoms with Crippen LogP contribution in [0.1, 0.15) is 62.1 Å². The Labute approximate surface area is 203 Å². The van der Waals surface area contributed by atoms with Gasteiger partial charge in [-0.05, 0) is 37.0 Å². The van der Waals surface area contributed by atoms with Crippen LogP contribution in [-0.4, -0.2) is 44.9 Å². The second kappa shape index (κ2) is 16.1. The molecule has 0 N–H and O–H groups in total. The first-order valence-corrected chi connectivity index (χ1v) is 12.2. The number of unbranched alkanes of at least 4 members (excludes halogenated alkanes) is 5. The molecule has 0 heterocycles. The molecule has 0 fully saturated rings. The van der Waals surface area contributed by atoms with Crippen LogP contribution < -0.4 is 17.1 Å². The standard InChI is InChI=1S/C28H44NO2.ClH/c1-5-6-7-8-9-11-14-26-18-17-25(2)28(23-26)31-22-21-30-20-19-29(3,4)24-27-15-12-10-13-16-27;/h10,12-13,15-18,23H,5-9,11,14,19-22,24H2,1-4H3;1H/q+1;/p-1. The van der Waals surface area contributed by atoms with Gasteiger partial charge in [-0.25, -0.2) is 0 Å². The number of hydrogen-bond donors (Lipinski definition) is 0. The van der Waals surface area contributed by atoms with Gasteiger partial charge in [0.1, 0.15) is 25.4 Å². The number of quaternary nitrogens is 1. The molecule has 0 aromatic heterocycles. The van der Waals surface area contributed by atoms with Gasteiger partial charge in [-0.3, -0.25) is 0 Å². The Hall–Kier alpha value is -1.55. The summed E-state index contributed by atoms with van der Waals surface area (Å²) in [5.41, 5.74) is 3.96. The summed E-state index contributed by atoms with van der Waals surface area (Å²) in [6.07, 6.45) is 9.17. The Morgan fingerprint density at radius 2 is 1.50 bits per heavy atom. The molecule has 2 aromatic carbocycles. The van der Waals surface area contributed by atoms with Crippen LogP contribution in [0.5, 0.6) is 5.75 Å². The van der Waals surface area contributed by atoms with E-state index in [9.17, 15) is 0 Å². The predicted molar refractivity (Wildman–Crippen MR) is 132 cm³/mol. The summed E-state index contributed by atoms with van der Waals surface area (Å²) < 4.78 is 12.8. The van der Waals surface area contributed by atoms with Crippen molar-refractivity contribution in [1.82, 2.24) is 0 Å². The van der Waals surface area contributed by atoms with Gasteiger partial charge in [0.25, 0.3) is 0 Å². The minimum Gasteiger partial charge on any atom is -1.00 e. The highest BCUT2D eigenvalue weighted by atomic mass is 35.5. The van der Waals surface area contributed by atoms with Crippen LogP contribution >= 0.6 is 0 Å².